The Morgan fingerprint density at radius 3 is 2.63 bits per heavy atom. The molecule has 0 aliphatic heterocycles. The number of aromatic nitrogens is 3. The molecule has 0 saturated heterocycles. The van der Waals surface area contributed by atoms with Crippen LogP contribution >= 0.6 is 22.9 Å². The normalized spacial score (nSPS) is 18.4. The monoisotopic (exact) mass is 747 g/mol. The van der Waals surface area contributed by atoms with E-state index in [4.69, 9.17) is 26.8 Å². The first kappa shape index (κ1) is 35.4. The number of anilines is 3. The number of thiophene rings is 1. The third-order valence-corrected chi connectivity index (χ3v) is 11.4. The van der Waals surface area contributed by atoms with Gasteiger partial charge in [0.15, 0.2) is 5.82 Å². The lowest BCUT2D eigenvalue weighted by Crippen LogP contribution is -2.28. The highest BCUT2D eigenvalue weighted by Crippen LogP contribution is 2.54. The molecule has 2 aliphatic rings. The van der Waals surface area contributed by atoms with E-state index >= 15 is 8.78 Å². The lowest BCUT2D eigenvalue weighted by atomic mass is 9.81. The highest BCUT2D eigenvalue weighted by atomic mass is 35.5. The number of nitrogens with two attached hydrogens (primary N) is 1. The summed E-state index contributed by atoms with van der Waals surface area (Å²) >= 11 is 7.56. The summed E-state index contributed by atoms with van der Waals surface area (Å²) in [5.41, 5.74) is 5.08. The number of halogens is 3. The van der Waals surface area contributed by atoms with Crippen molar-refractivity contribution >= 4 is 66.7 Å². The number of phenols is 1. The van der Waals surface area contributed by atoms with Crippen LogP contribution in [0.1, 0.15) is 70.4 Å². The van der Waals surface area contributed by atoms with Gasteiger partial charge in [-0.2, -0.15) is 15.2 Å². The number of rotatable bonds is 8. The van der Waals surface area contributed by atoms with Gasteiger partial charge in [-0.15, -0.1) is 11.3 Å². The van der Waals surface area contributed by atoms with Crippen LogP contribution in [0.3, 0.4) is 0 Å². The van der Waals surface area contributed by atoms with Crippen molar-refractivity contribution in [3.8, 4) is 29.0 Å². The molecule has 0 bridgehead atoms. The summed E-state index contributed by atoms with van der Waals surface area (Å²) in [6.07, 6.45) is 7.26. The Balaban J connectivity index is 1.38. The van der Waals surface area contributed by atoms with Gasteiger partial charge in [0.1, 0.15) is 45.4 Å². The summed E-state index contributed by atoms with van der Waals surface area (Å²) in [4.78, 5) is 25.8. The number of benzene rings is 2. The van der Waals surface area contributed by atoms with Gasteiger partial charge in [-0.05, 0) is 70.1 Å². The summed E-state index contributed by atoms with van der Waals surface area (Å²) < 4.78 is 44.0. The summed E-state index contributed by atoms with van der Waals surface area (Å²) in [5.74, 6) is -1.36. The summed E-state index contributed by atoms with van der Waals surface area (Å²) in [6, 6.07) is 7.75. The van der Waals surface area contributed by atoms with Crippen LogP contribution in [0.2, 0.25) is 5.02 Å². The number of carbonyl (C=O) groups is 1. The molecule has 2 fully saturated rings. The third-order valence-electron chi connectivity index (χ3n) is 9.95. The van der Waals surface area contributed by atoms with E-state index in [0.717, 1.165) is 55.9 Å². The highest BCUT2D eigenvalue weighted by Gasteiger charge is 2.46. The van der Waals surface area contributed by atoms with E-state index in [9.17, 15) is 15.2 Å². The minimum atomic E-state index is -0.962. The van der Waals surface area contributed by atoms with Crippen LogP contribution in [0, 0.1) is 34.3 Å². The summed E-state index contributed by atoms with van der Waals surface area (Å²) in [6.45, 7) is 5.49. The zero-order valence-corrected chi connectivity index (χ0v) is 30.3. The van der Waals surface area contributed by atoms with Gasteiger partial charge < -0.3 is 25.6 Å². The van der Waals surface area contributed by atoms with Crippen LogP contribution in [-0.4, -0.2) is 38.4 Å². The topological polar surface area (TPSA) is 168 Å². The Hall–Kier alpha value is -5.00. The van der Waals surface area contributed by atoms with Crippen LogP contribution in [0.15, 0.2) is 30.5 Å². The first-order chi connectivity index (χ1) is 24.8. The van der Waals surface area contributed by atoms with E-state index in [2.05, 4.69) is 25.6 Å². The Labute approximate surface area is 307 Å². The second-order valence-electron chi connectivity index (χ2n) is 14.3. The Kier molecular flexibility index (Phi) is 9.21. The first-order valence-corrected chi connectivity index (χ1v) is 18.1. The SMILES string of the molecule is CC(C)(C)OC(=O)Nc1sc2c(F)ccc(-c3c(Cl)c(O)c4c(NCc5cccnc5N)nc(OCC56CCCC5CCC6)nc4c3F)c2c1C#N. The molecule has 3 aromatic heterocycles. The number of phenolic OH excluding ortho intramolecular Hbond substituents is 1. The number of hydrogen-bond acceptors (Lipinski definition) is 11. The molecule has 0 spiro atoms. The fourth-order valence-electron chi connectivity index (χ4n) is 7.61. The molecular weight excluding hydrogens is 712 g/mol. The molecule has 2 aromatic carbocycles. The molecule has 0 atom stereocenters. The van der Waals surface area contributed by atoms with Gasteiger partial charge in [-0.1, -0.05) is 36.6 Å². The predicted molar refractivity (Wildman–Crippen MR) is 197 cm³/mol. The van der Waals surface area contributed by atoms with Crippen LogP contribution in [0.5, 0.6) is 11.8 Å². The zero-order valence-electron chi connectivity index (χ0n) is 28.7. The van der Waals surface area contributed by atoms with E-state index in [1.165, 1.54) is 6.07 Å². The first-order valence-electron chi connectivity index (χ1n) is 16.9. The highest BCUT2D eigenvalue weighted by molar-refractivity contribution is 7.23. The number of aromatic hydroxyl groups is 1. The van der Waals surface area contributed by atoms with Gasteiger partial charge in [0.25, 0.3) is 0 Å². The maximum absolute atomic E-state index is 17.1. The number of nitrogens with zero attached hydrogens (tertiary/aromatic N) is 4. The third kappa shape index (κ3) is 6.36. The summed E-state index contributed by atoms with van der Waals surface area (Å²) in [7, 11) is 0. The van der Waals surface area contributed by atoms with Crippen molar-refractivity contribution in [2.45, 2.75) is 71.4 Å². The van der Waals surface area contributed by atoms with Crippen molar-refractivity contribution in [3.05, 3.63) is 58.2 Å². The Morgan fingerprint density at radius 2 is 1.94 bits per heavy atom. The molecule has 0 unspecified atom stereocenters. The minimum Gasteiger partial charge on any atom is -0.506 e. The van der Waals surface area contributed by atoms with E-state index in [0.29, 0.717) is 18.1 Å². The molecule has 270 valence electrons. The van der Waals surface area contributed by atoms with Gasteiger partial charge in [0, 0.05) is 34.7 Å². The van der Waals surface area contributed by atoms with Crippen LogP contribution in [0.4, 0.5) is 30.2 Å². The maximum atomic E-state index is 17.1. The van der Waals surface area contributed by atoms with Crippen molar-refractivity contribution in [1.29, 1.82) is 5.26 Å². The zero-order chi connectivity index (χ0) is 36.9. The average molecular weight is 748 g/mol. The molecule has 2 saturated carbocycles. The quantitative estimate of drug-likeness (QED) is 0.120. The molecule has 52 heavy (non-hydrogen) atoms. The largest absolute Gasteiger partial charge is 0.506 e. The second-order valence-corrected chi connectivity index (χ2v) is 15.7. The number of nitriles is 1. The number of nitrogens with one attached hydrogen (secondary N) is 2. The minimum absolute atomic E-state index is 0.000677. The second kappa shape index (κ2) is 13.5. The van der Waals surface area contributed by atoms with Gasteiger partial charge in [0.05, 0.1) is 27.3 Å². The van der Waals surface area contributed by atoms with Gasteiger partial charge in [-0.3, -0.25) is 5.32 Å². The Morgan fingerprint density at radius 1 is 1.19 bits per heavy atom. The van der Waals surface area contributed by atoms with E-state index in [-0.39, 0.29) is 72.3 Å². The molecule has 7 rings (SSSR count). The molecular formula is C37H36ClF2N7O4S. The van der Waals surface area contributed by atoms with Gasteiger partial charge in [-0.25, -0.2) is 18.6 Å². The van der Waals surface area contributed by atoms with E-state index in [1.807, 2.05) is 6.07 Å². The van der Waals surface area contributed by atoms with Crippen LogP contribution in [-0.2, 0) is 11.3 Å². The lowest BCUT2D eigenvalue weighted by molar-refractivity contribution is 0.0636. The molecule has 11 nitrogen and oxygen atoms in total. The van der Waals surface area contributed by atoms with Crippen molar-refractivity contribution in [1.82, 2.24) is 15.0 Å². The predicted octanol–water partition coefficient (Wildman–Crippen LogP) is 9.31. The van der Waals surface area contributed by atoms with Crippen molar-refractivity contribution in [2.24, 2.45) is 11.3 Å². The van der Waals surface area contributed by atoms with Gasteiger partial charge >= 0.3 is 12.1 Å². The molecule has 5 aromatic rings. The fourth-order valence-corrected chi connectivity index (χ4v) is 8.95. The number of pyridine rings is 1. The number of ether oxygens (including phenoxy) is 2. The Bertz CT molecular complexity index is 2280. The van der Waals surface area contributed by atoms with Gasteiger partial charge in [0.2, 0.25) is 0 Å². The standard InChI is InChI=1S/C37H36ClF2N7O4S/c1-36(2,3)51-35(49)47-33-21(15-41)23-20(10-11-22(39)30(23)52-33)24-26(38)29(48)25-28(27(24)40)45-34(50-17-37-12-4-8-19(37)9-5-13-37)46-32(25)44-16-18-7-6-14-43-31(18)42/h6-7,10-11,14,19,48H,4-5,8-9,12-13,16-17H2,1-3H3,(H2,42,43)(H,47,49)(H,44,45,46). The van der Waals surface area contributed by atoms with E-state index in [1.54, 1.807) is 39.1 Å². The number of nitrogen functional groups attached to an aromatic ring is 1. The van der Waals surface area contributed by atoms with Crippen molar-refractivity contribution in [2.75, 3.05) is 23.0 Å². The average Bonchev–Trinajstić information content (AvgIpc) is 3.79. The molecule has 15 heteroatoms. The molecule has 1 amide bonds. The fraction of sp³-hybridized carbons (Fsp3) is 0.378. The number of fused-ring (bicyclic) bond motifs is 3. The molecule has 5 N–H and O–H groups in total. The molecule has 3 heterocycles. The number of hydrogen-bond donors (Lipinski definition) is 4. The van der Waals surface area contributed by atoms with Crippen LogP contribution in [0.25, 0.3) is 32.1 Å². The van der Waals surface area contributed by atoms with E-state index < -0.39 is 34.1 Å². The molecule has 0 radical (unpaired) electrons. The lowest BCUT2D eigenvalue weighted by Gasteiger charge is -2.28. The van der Waals surface area contributed by atoms with Crippen LogP contribution < -0.4 is 21.1 Å². The summed E-state index contributed by atoms with van der Waals surface area (Å²) in [5, 5.41) is 27.0. The van der Waals surface area contributed by atoms with Crippen molar-refractivity contribution in [3.63, 3.8) is 0 Å². The number of carbonyl (C=O) groups excluding carboxylic acids is 1. The van der Waals surface area contributed by atoms with Crippen molar-refractivity contribution < 1.29 is 28.2 Å². The molecule has 2 aliphatic carbocycles. The number of amides is 1. The smallest absolute Gasteiger partial charge is 0.412 e. The maximum Gasteiger partial charge on any atom is 0.412 e.